The number of hydrogen-bond donors (Lipinski definition) is 0. The molecule has 0 aliphatic heterocycles. The topological polar surface area (TPSA) is 25.8 Å². The molecule has 0 aliphatic carbocycles. The van der Waals surface area contributed by atoms with Crippen molar-refractivity contribution in [3.8, 4) is 0 Å². The minimum atomic E-state index is 0. The first kappa shape index (κ1) is 7.66. The maximum absolute atomic E-state index is 3.74. The van der Waals surface area contributed by atoms with Crippen LogP contribution in [-0.2, 0) is 18.6 Å². The van der Waals surface area contributed by atoms with E-state index in [1.807, 2.05) is 6.92 Å². The fourth-order valence-electron chi connectivity index (χ4n) is 0.338. The maximum atomic E-state index is 3.74. The van der Waals surface area contributed by atoms with E-state index in [1.54, 1.807) is 6.20 Å². The maximum Gasteiger partial charge on any atom is 2.00 e. The third-order valence-corrected chi connectivity index (χ3v) is 0.633. The van der Waals surface area contributed by atoms with Crippen molar-refractivity contribution in [3.05, 3.63) is 24.3 Å². The van der Waals surface area contributed by atoms with Gasteiger partial charge in [-0.05, 0) is 6.33 Å². The predicted octanol–water partition coefficient (Wildman–Crippen LogP) is 0.583. The van der Waals surface area contributed by atoms with E-state index in [1.165, 1.54) is 6.33 Å². The number of hydrogen-bond acceptors (Lipinski definition) is 2. The second-order valence-electron chi connectivity index (χ2n) is 1.32. The summed E-state index contributed by atoms with van der Waals surface area (Å²) in [5, 5.41) is 0. The SMILES string of the molecule is Cc1[c-]ncnc1.[V+2]. The Kier molecular flexibility index (Phi) is 3.49. The largest absolute Gasteiger partial charge is 2.00 e. The molecule has 0 unspecified atom stereocenters. The van der Waals surface area contributed by atoms with Gasteiger partial charge in [0.05, 0.1) is 0 Å². The van der Waals surface area contributed by atoms with Gasteiger partial charge in [-0.15, -0.1) is 5.56 Å². The van der Waals surface area contributed by atoms with Crippen molar-refractivity contribution in [2.75, 3.05) is 0 Å². The van der Waals surface area contributed by atoms with Crippen molar-refractivity contribution in [2.24, 2.45) is 0 Å². The van der Waals surface area contributed by atoms with E-state index in [-0.39, 0.29) is 18.6 Å². The molecule has 39 valence electrons. The zero-order valence-electron chi connectivity index (χ0n) is 4.50. The van der Waals surface area contributed by atoms with Gasteiger partial charge in [-0.2, -0.15) is 0 Å². The van der Waals surface area contributed by atoms with Crippen molar-refractivity contribution >= 4 is 0 Å². The average Bonchev–Trinajstić information content (AvgIpc) is 1.69. The zero-order valence-corrected chi connectivity index (χ0v) is 5.89. The Hall–Kier alpha value is -0.336. The Morgan fingerprint density at radius 1 is 1.62 bits per heavy atom. The monoisotopic (exact) mass is 144 g/mol. The molecule has 0 aromatic carbocycles. The molecule has 3 heteroatoms. The van der Waals surface area contributed by atoms with Crippen LogP contribution in [0.15, 0.2) is 12.5 Å². The summed E-state index contributed by atoms with van der Waals surface area (Å²) in [6.45, 7) is 1.90. The summed E-state index contributed by atoms with van der Waals surface area (Å²) in [5.41, 5.74) is 0.975. The van der Waals surface area contributed by atoms with Gasteiger partial charge < -0.3 is 9.97 Å². The molecule has 0 saturated heterocycles. The van der Waals surface area contributed by atoms with Crippen LogP contribution in [0.4, 0.5) is 0 Å². The number of aromatic nitrogens is 2. The van der Waals surface area contributed by atoms with E-state index in [2.05, 4.69) is 16.2 Å². The second kappa shape index (κ2) is 3.64. The van der Waals surface area contributed by atoms with Crippen LogP contribution < -0.4 is 0 Å². The quantitative estimate of drug-likeness (QED) is 0.498. The molecule has 1 aromatic rings. The first-order chi connectivity index (χ1) is 3.39. The summed E-state index contributed by atoms with van der Waals surface area (Å²) in [7, 11) is 0. The van der Waals surface area contributed by atoms with Gasteiger partial charge in [-0.3, -0.25) is 0 Å². The summed E-state index contributed by atoms with van der Waals surface area (Å²) < 4.78 is 0. The third kappa shape index (κ3) is 2.10. The fourth-order valence-corrected chi connectivity index (χ4v) is 0.338. The first-order valence-corrected chi connectivity index (χ1v) is 2.04. The second-order valence-corrected chi connectivity index (χ2v) is 1.32. The molecule has 0 fully saturated rings. The van der Waals surface area contributed by atoms with E-state index in [0.717, 1.165) is 5.56 Å². The molecule has 8 heavy (non-hydrogen) atoms. The molecule has 0 aliphatic rings. The van der Waals surface area contributed by atoms with Crippen LogP contribution in [0.25, 0.3) is 0 Å². The summed E-state index contributed by atoms with van der Waals surface area (Å²) in [5.74, 6) is 0. The van der Waals surface area contributed by atoms with Crippen LogP contribution in [0.1, 0.15) is 5.56 Å². The van der Waals surface area contributed by atoms with Gasteiger partial charge in [0.25, 0.3) is 0 Å². The summed E-state index contributed by atoms with van der Waals surface area (Å²) in [4.78, 5) is 7.39. The molecular formula is C5H5N2V+. The minimum Gasteiger partial charge on any atom is -0.376 e. The van der Waals surface area contributed by atoms with Gasteiger partial charge in [-0.1, -0.05) is 19.3 Å². The van der Waals surface area contributed by atoms with Crippen LogP contribution >= 0.6 is 0 Å². The Morgan fingerprint density at radius 3 is 2.62 bits per heavy atom. The molecule has 0 amide bonds. The van der Waals surface area contributed by atoms with Gasteiger partial charge in [-0.25, -0.2) is 0 Å². The van der Waals surface area contributed by atoms with E-state index < -0.39 is 0 Å². The standard InChI is InChI=1S/C5H5N2.V/c1-5-2-6-4-7-3-5;/h2,4H,1H3;/q-1;+2. The van der Waals surface area contributed by atoms with Gasteiger partial charge in [0.2, 0.25) is 0 Å². The Balaban J connectivity index is 0.000000490. The smallest absolute Gasteiger partial charge is 0.376 e. The van der Waals surface area contributed by atoms with Gasteiger partial charge in [0.15, 0.2) is 0 Å². The van der Waals surface area contributed by atoms with Crippen molar-refractivity contribution in [1.29, 1.82) is 0 Å². The van der Waals surface area contributed by atoms with Gasteiger partial charge >= 0.3 is 18.6 Å². The molecule has 1 radical (unpaired) electrons. The molecule has 1 aromatic heterocycles. The zero-order chi connectivity index (χ0) is 5.11. The Morgan fingerprint density at radius 2 is 2.38 bits per heavy atom. The molecule has 2 nitrogen and oxygen atoms in total. The number of aryl methyl sites for hydroxylation is 1. The van der Waals surface area contributed by atoms with E-state index in [0.29, 0.717) is 0 Å². The van der Waals surface area contributed by atoms with Crippen LogP contribution in [0.3, 0.4) is 0 Å². The van der Waals surface area contributed by atoms with E-state index in [4.69, 9.17) is 0 Å². The van der Waals surface area contributed by atoms with E-state index >= 15 is 0 Å². The van der Waals surface area contributed by atoms with Crippen LogP contribution in [0.2, 0.25) is 0 Å². The molecule has 0 atom stereocenters. The normalized spacial score (nSPS) is 7.62. The molecular weight excluding hydrogens is 139 g/mol. The molecule has 1 rings (SSSR count). The molecule has 0 saturated carbocycles. The van der Waals surface area contributed by atoms with Crippen molar-refractivity contribution in [3.63, 3.8) is 0 Å². The van der Waals surface area contributed by atoms with Gasteiger partial charge in [0, 0.05) is 0 Å². The third-order valence-electron chi connectivity index (χ3n) is 0.633. The predicted molar refractivity (Wildman–Crippen MR) is 25.6 cm³/mol. The van der Waals surface area contributed by atoms with Crippen molar-refractivity contribution in [1.82, 2.24) is 9.97 Å². The Labute approximate surface area is 60.2 Å². The number of nitrogens with zero attached hydrogens (tertiary/aromatic N) is 2. The number of rotatable bonds is 0. The van der Waals surface area contributed by atoms with Crippen LogP contribution in [0, 0.1) is 13.1 Å². The van der Waals surface area contributed by atoms with Crippen LogP contribution in [0.5, 0.6) is 0 Å². The molecule has 0 N–H and O–H groups in total. The minimum absolute atomic E-state index is 0. The van der Waals surface area contributed by atoms with Crippen molar-refractivity contribution < 1.29 is 18.6 Å². The van der Waals surface area contributed by atoms with Crippen molar-refractivity contribution in [2.45, 2.75) is 6.92 Å². The Bertz CT molecular complexity index is 140. The van der Waals surface area contributed by atoms with E-state index in [9.17, 15) is 0 Å². The summed E-state index contributed by atoms with van der Waals surface area (Å²) in [6, 6.07) is 0. The molecule has 0 bridgehead atoms. The van der Waals surface area contributed by atoms with Crippen LogP contribution in [-0.4, -0.2) is 9.97 Å². The fraction of sp³-hybridized carbons (Fsp3) is 0.200. The molecule has 0 spiro atoms. The first-order valence-electron chi connectivity index (χ1n) is 2.04. The summed E-state index contributed by atoms with van der Waals surface area (Å²) in [6.07, 6.45) is 5.90. The molecule has 1 heterocycles. The summed E-state index contributed by atoms with van der Waals surface area (Å²) >= 11 is 0. The average molecular weight is 144 g/mol. The van der Waals surface area contributed by atoms with Gasteiger partial charge in [0.1, 0.15) is 0 Å².